The molecular weight excluding hydrogens is 388 g/mol. The van der Waals surface area contributed by atoms with Crippen LogP contribution in [0.4, 0.5) is 5.82 Å². The summed E-state index contributed by atoms with van der Waals surface area (Å²) in [5.41, 5.74) is 2.30. The van der Waals surface area contributed by atoms with Crippen LogP contribution in [-0.2, 0) is 14.3 Å². The average molecular weight is 409 g/mol. The Morgan fingerprint density at radius 1 is 1.14 bits per heavy atom. The van der Waals surface area contributed by atoms with Gasteiger partial charge in [-0.1, -0.05) is 30.3 Å². The summed E-state index contributed by atoms with van der Waals surface area (Å²) < 4.78 is 6.16. The quantitative estimate of drug-likeness (QED) is 0.702. The fourth-order valence-electron chi connectivity index (χ4n) is 4.65. The van der Waals surface area contributed by atoms with Gasteiger partial charge in [-0.25, -0.2) is 4.98 Å². The third-order valence-electron chi connectivity index (χ3n) is 6.05. The summed E-state index contributed by atoms with van der Waals surface area (Å²) in [5.74, 6) is 0.0920. The number of ether oxygens (including phenoxy) is 1. The van der Waals surface area contributed by atoms with Gasteiger partial charge >= 0.3 is 0 Å². The Morgan fingerprint density at radius 3 is 2.69 bits per heavy atom. The van der Waals surface area contributed by atoms with Gasteiger partial charge in [-0.3, -0.25) is 14.5 Å². The molecule has 0 saturated heterocycles. The molecule has 1 aliphatic carbocycles. The summed E-state index contributed by atoms with van der Waals surface area (Å²) in [4.78, 5) is 33.0. The Kier molecular flexibility index (Phi) is 4.43. The third kappa shape index (κ3) is 2.96. The molecule has 1 aromatic carbocycles. The van der Waals surface area contributed by atoms with Crippen LogP contribution < -0.4 is 4.90 Å². The first kappa shape index (κ1) is 18.4. The minimum absolute atomic E-state index is 0.0149. The number of fused-ring (bicyclic) bond motifs is 1. The second-order valence-corrected chi connectivity index (χ2v) is 8.58. The molecule has 3 heterocycles. The summed E-state index contributed by atoms with van der Waals surface area (Å²) in [7, 11) is 0. The molecule has 2 aliphatic heterocycles. The van der Waals surface area contributed by atoms with Crippen LogP contribution in [0.3, 0.4) is 0 Å². The standard InChI is InChI=1S/C23H21ClN2O3/c1-13-9-10-25-18(11-13)26-20(14-5-3-2-4-6-14)19-21(27)16-12-15(24)7-8-17(16)29-22(19)23(26)28/h2-6,9-11,15-17,20H,7-8,12H2,1H3. The average Bonchev–Trinajstić information content (AvgIpc) is 3.02. The molecule has 29 heavy (non-hydrogen) atoms. The topological polar surface area (TPSA) is 59.5 Å². The summed E-state index contributed by atoms with van der Waals surface area (Å²) in [5, 5.41) is -0.0345. The lowest BCUT2D eigenvalue weighted by molar-refractivity contribution is -0.131. The molecular formula is C23H21ClN2O3. The van der Waals surface area contributed by atoms with Crippen molar-refractivity contribution in [1.29, 1.82) is 0 Å². The highest BCUT2D eigenvalue weighted by Crippen LogP contribution is 2.48. The van der Waals surface area contributed by atoms with Gasteiger partial charge in [0.2, 0.25) is 0 Å². The zero-order chi connectivity index (χ0) is 20.1. The lowest BCUT2D eigenvalue weighted by Crippen LogP contribution is -2.41. The Hall–Kier alpha value is -2.66. The number of anilines is 1. The minimum atomic E-state index is -0.544. The van der Waals surface area contributed by atoms with Gasteiger partial charge in [0.15, 0.2) is 11.5 Å². The molecule has 5 nitrogen and oxygen atoms in total. The van der Waals surface area contributed by atoms with E-state index in [0.29, 0.717) is 24.2 Å². The van der Waals surface area contributed by atoms with Crippen molar-refractivity contribution in [2.24, 2.45) is 5.92 Å². The zero-order valence-electron chi connectivity index (χ0n) is 16.0. The fourth-order valence-corrected chi connectivity index (χ4v) is 4.97. The smallest absolute Gasteiger partial charge is 0.295 e. The highest BCUT2D eigenvalue weighted by Gasteiger charge is 2.53. The lowest BCUT2D eigenvalue weighted by atomic mass is 9.77. The predicted octanol–water partition coefficient (Wildman–Crippen LogP) is 4.11. The van der Waals surface area contributed by atoms with Crippen molar-refractivity contribution >= 4 is 29.1 Å². The second kappa shape index (κ2) is 6.99. The van der Waals surface area contributed by atoms with Gasteiger partial charge in [0.25, 0.3) is 5.91 Å². The minimum Gasteiger partial charge on any atom is -0.483 e. The number of aromatic nitrogens is 1. The van der Waals surface area contributed by atoms with Crippen LogP contribution in [0.5, 0.6) is 0 Å². The molecule has 1 aromatic heterocycles. The highest BCUT2D eigenvalue weighted by molar-refractivity contribution is 6.21. The maximum Gasteiger partial charge on any atom is 0.295 e. The van der Waals surface area contributed by atoms with E-state index in [2.05, 4.69) is 4.98 Å². The molecule has 1 saturated carbocycles. The van der Waals surface area contributed by atoms with Crippen LogP contribution in [0, 0.1) is 12.8 Å². The Bertz CT molecular complexity index is 1020. The van der Waals surface area contributed by atoms with Crippen molar-refractivity contribution in [1.82, 2.24) is 4.98 Å². The number of pyridine rings is 1. The van der Waals surface area contributed by atoms with E-state index in [-0.39, 0.29) is 34.8 Å². The number of alkyl halides is 1. The number of hydrogen-bond acceptors (Lipinski definition) is 4. The molecule has 4 unspecified atom stereocenters. The SMILES string of the molecule is Cc1ccnc(N2C(=O)C3=C(C(=O)C4CC(Cl)CCC4O3)C2c2ccccc2)c1. The molecule has 1 amide bonds. The van der Waals surface area contributed by atoms with Crippen LogP contribution in [0.15, 0.2) is 60.0 Å². The Labute approximate surface area is 174 Å². The number of nitrogens with zero attached hydrogens (tertiary/aromatic N) is 2. The van der Waals surface area contributed by atoms with Crippen molar-refractivity contribution < 1.29 is 14.3 Å². The van der Waals surface area contributed by atoms with Crippen molar-refractivity contribution in [3.63, 3.8) is 0 Å². The van der Waals surface area contributed by atoms with Gasteiger partial charge in [-0.05, 0) is 49.4 Å². The van der Waals surface area contributed by atoms with Gasteiger partial charge in [-0.2, -0.15) is 0 Å². The van der Waals surface area contributed by atoms with Gasteiger partial charge in [-0.15, -0.1) is 11.6 Å². The van der Waals surface area contributed by atoms with Crippen LogP contribution in [-0.4, -0.2) is 28.2 Å². The van der Waals surface area contributed by atoms with Crippen LogP contribution in [0.2, 0.25) is 0 Å². The first-order valence-corrected chi connectivity index (χ1v) is 10.4. The van der Waals surface area contributed by atoms with Crippen molar-refractivity contribution in [2.45, 2.75) is 43.7 Å². The first-order chi connectivity index (χ1) is 14.0. The maximum absolute atomic E-state index is 13.6. The second-order valence-electron chi connectivity index (χ2n) is 7.96. The largest absolute Gasteiger partial charge is 0.483 e. The van der Waals surface area contributed by atoms with Gasteiger partial charge < -0.3 is 4.74 Å². The van der Waals surface area contributed by atoms with Gasteiger partial charge in [0.05, 0.1) is 17.5 Å². The number of ketones is 1. The zero-order valence-corrected chi connectivity index (χ0v) is 16.8. The molecule has 2 aromatic rings. The van der Waals surface area contributed by atoms with Crippen molar-refractivity contribution in [3.05, 3.63) is 71.1 Å². The van der Waals surface area contributed by atoms with Crippen LogP contribution in [0.1, 0.15) is 36.4 Å². The summed E-state index contributed by atoms with van der Waals surface area (Å²) >= 11 is 6.36. The van der Waals surface area contributed by atoms with E-state index in [1.54, 1.807) is 11.1 Å². The Morgan fingerprint density at radius 2 is 1.93 bits per heavy atom. The van der Waals surface area contributed by atoms with E-state index in [4.69, 9.17) is 16.3 Å². The molecule has 3 aliphatic rings. The molecule has 1 fully saturated rings. The van der Waals surface area contributed by atoms with E-state index in [1.807, 2.05) is 49.4 Å². The monoisotopic (exact) mass is 408 g/mol. The first-order valence-electron chi connectivity index (χ1n) is 9.95. The number of carbonyl (C=O) groups is 2. The lowest BCUT2D eigenvalue weighted by Gasteiger charge is -2.37. The fraction of sp³-hybridized carbons (Fsp3) is 0.348. The molecule has 0 N–H and O–H groups in total. The molecule has 4 atom stereocenters. The molecule has 5 rings (SSSR count). The number of benzene rings is 1. The third-order valence-corrected chi connectivity index (χ3v) is 6.44. The predicted molar refractivity (Wildman–Crippen MR) is 110 cm³/mol. The number of hydrogen-bond donors (Lipinski definition) is 0. The summed E-state index contributed by atoms with van der Waals surface area (Å²) in [6, 6.07) is 12.8. The van der Waals surface area contributed by atoms with Crippen molar-refractivity contribution in [3.8, 4) is 0 Å². The van der Waals surface area contributed by atoms with Crippen LogP contribution in [0.25, 0.3) is 0 Å². The van der Waals surface area contributed by atoms with E-state index in [1.165, 1.54) is 0 Å². The number of carbonyl (C=O) groups excluding carboxylic acids is 2. The van der Waals surface area contributed by atoms with Gasteiger partial charge in [0.1, 0.15) is 11.9 Å². The molecule has 148 valence electrons. The molecule has 6 heteroatoms. The Balaban J connectivity index is 1.65. The van der Waals surface area contributed by atoms with E-state index in [0.717, 1.165) is 17.5 Å². The number of aryl methyl sites for hydroxylation is 1. The number of Topliss-reactive ketones (excluding diaryl/α,β-unsaturated/α-hetero) is 1. The normalized spacial score (nSPS) is 28.8. The van der Waals surface area contributed by atoms with Crippen LogP contribution >= 0.6 is 11.6 Å². The highest BCUT2D eigenvalue weighted by atomic mass is 35.5. The number of halogens is 1. The van der Waals surface area contributed by atoms with E-state index in [9.17, 15) is 9.59 Å². The summed E-state index contributed by atoms with van der Waals surface area (Å²) in [6.07, 6.45) is 3.46. The molecule has 0 spiro atoms. The number of amides is 1. The molecule has 0 radical (unpaired) electrons. The van der Waals surface area contributed by atoms with E-state index < -0.39 is 6.04 Å². The van der Waals surface area contributed by atoms with Crippen molar-refractivity contribution in [2.75, 3.05) is 4.90 Å². The molecule has 0 bridgehead atoms. The summed E-state index contributed by atoms with van der Waals surface area (Å²) in [6.45, 7) is 1.95. The van der Waals surface area contributed by atoms with E-state index >= 15 is 0 Å². The maximum atomic E-state index is 13.6. The number of rotatable bonds is 2. The van der Waals surface area contributed by atoms with Gasteiger partial charge in [0, 0.05) is 11.6 Å².